The number of nitrogens with one attached hydrogen (secondary N) is 2. The number of thiophene rings is 1. The van der Waals surface area contributed by atoms with Crippen LogP contribution in [0.4, 0.5) is 5.69 Å². The number of non-ortho nitro benzene ring substituents is 1. The Kier molecular flexibility index (Phi) is 11.6. The first-order chi connectivity index (χ1) is 12.7. The Hall–Kier alpha value is -1.72. The van der Waals surface area contributed by atoms with Gasteiger partial charge >= 0.3 is 0 Å². The fraction of sp³-hybridized carbons (Fsp3) is 0.389. The van der Waals surface area contributed by atoms with Crippen LogP contribution in [0.3, 0.4) is 0 Å². The normalized spacial score (nSPS) is 10.9. The summed E-state index contributed by atoms with van der Waals surface area (Å²) >= 11 is 1.74. The molecule has 0 unspecified atom stereocenters. The summed E-state index contributed by atoms with van der Waals surface area (Å²) in [6.45, 7) is 2.70. The molecule has 2 N–H and O–H groups in total. The van der Waals surface area contributed by atoms with Gasteiger partial charge in [-0.2, -0.15) is 0 Å². The lowest BCUT2D eigenvalue weighted by Crippen LogP contribution is -2.39. The minimum Gasteiger partial charge on any atom is -0.385 e. The largest absolute Gasteiger partial charge is 0.385 e. The van der Waals surface area contributed by atoms with E-state index in [1.165, 1.54) is 17.0 Å². The van der Waals surface area contributed by atoms with E-state index in [0.717, 1.165) is 37.5 Å². The maximum absolute atomic E-state index is 10.7. The average molecular weight is 504 g/mol. The molecule has 0 saturated heterocycles. The third kappa shape index (κ3) is 9.16. The number of ether oxygens (including phenoxy) is 1. The number of benzene rings is 1. The molecule has 0 aliphatic heterocycles. The van der Waals surface area contributed by atoms with Gasteiger partial charge in [-0.15, -0.1) is 35.3 Å². The Bertz CT molecular complexity index is 693. The summed E-state index contributed by atoms with van der Waals surface area (Å²) in [4.78, 5) is 16.2. The number of hydrogen-bond donors (Lipinski definition) is 2. The van der Waals surface area contributed by atoms with Crippen LogP contribution in [0.25, 0.3) is 0 Å². The summed E-state index contributed by atoms with van der Waals surface area (Å²) in [5.74, 6) is 0.732. The molecule has 1 aromatic carbocycles. The van der Waals surface area contributed by atoms with Crippen LogP contribution in [0.1, 0.15) is 16.9 Å². The number of rotatable bonds is 10. The van der Waals surface area contributed by atoms with Crippen molar-refractivity contribution in [3.8, 4) is 0 Å². The van der Waals surface area contributed by atoms with Crippen LogP contribution in [-0.2, 0) is 17.7 Å². The van der Waals surface area contributed by atoms with E-state index in [1.807, 2.05) is 6.07 Å². The topological polar surface area (TPSA) is 88.8 Å². The quantitative estimate of drug-likeness (QED) is 0.129. The number of nitro benzene ring substituents is 1. The number of hydrogen-bond acceptors (Lipinski definition) is 5. The number of halogens is 1. The standard InChI is InChI=1S/C18H24N4O3S.HI/c1-25-12-3-10-19-18(20-11-9-17-4-2-13-26-17)21-14-15-5-7-16(8-6-15)22(23)24;/h2,4-8,13H,3,9-12,14H2,1H3,(H2,19,20,21);1H. The zero-order valence-electron chi connectivity index (χ0n) is 15.2. The molecule has 0 aliphatic rings. The zero-order chi connectivity index (χ0) is 18.6. The average Bonchev–Trinajstić information content (AvgIpc) is 3.16. The summed E-state index contributed by atoms with van der Waals surface area (Å²) in [7, 11) is 1.68. The lowest BCUT2D eigenvalue weighted by molar-refractivity contribution is -0.384. The predicted molar refractivity (Wildman–Crippen MR) is 120 cm³/mol. The molecule has 0 bridgehead atoms. The smallest absolute Gasteiger partial charge is 0.269 e. The number of aliphatic imine (C=N–C) groups is 1. The van der Waals surface area contributed by atoms with Crippen molar-refractivity contribution in [1.82, 2.24) is 10.6 Å². The molecule has 1 heterocycles. The predicted octanol–water partition coefficient (Wildman–Crippen LogP) is 3.59. The van der Waals surface area contributed by atoms with Crippen molar-refractivity contribution in [2.24, 2.45) is 4.99 Å². The van der Waals surface area contributed by atoms with Crippen LogP contribution >= 0.6 is 35.3 Å². The van der Waals surface area contributed by atoms with Crippen LogP contribution in [0.15, 0.2) is 46.8 Å². The van der Waals surface area contributed by atoms with Gasteiger partial charge in [-0.3, -0.25) is 10.1 Å². The van der Waals surface area contributed by atoms with Gasteiger partial charge in [-0.25, -0.2) is 4.99 Å². The lowest BCUT2D eigenvalue weighted by Gasteiger charge is -2.12. The van der Waals surface area contributed by atoms with Gasteiger partial charge in [-0.05, 0) is 29.9 Å². The van der Waals surface area contributed by atoms with E-state index in [1.54, 1.807) is 30.6 Å². The van der Waals surface area contributed by atoms with Crippen molar-refractivity contribution in [2.75, 3.05) is 26.8 Å². The maximum atomic E-state index is 10.7. The number of guanidine groups is 1. The first kappa shape index (κ1) is 23.3. The Morgan fingerprint density at radius 3 is 2.59 bits per heavy atom. The van der Waals surface area contributed by atoms with Gasteiger partial charge < -0.3 is 15.4 Å². The molecule has 148 valence electrons. The van der Waals surface area contributed by atoms with Crippen LogP contribution in [0, 0.1) is 10.1 Å². The summed E-state index contributed by atoms with van der Waals surface area (Å²) in [6, 6.07) is 10.6. The highest BCUT2D eigenvalue weighted by Gasteiger charge is 2.04. The molecule has 2 aromatic rings. The highest BCUT2D eigenvalue weighted by Crippen LogP contribution is 2.12. The van der Waals surface area contributed by atoms with Crippen molar-refractivity contribution < 1.29 is 9.66 Å². The molecule has 0 spiro atoms. The molecule has 27 heavy (non-hydrogen) atoms. The molecular weight excluding hydrogens is 479 g/mol. The molecule has 2 rings (SSSR count). The molecule has 0 saturated carbocycles. The second kappa shape index (κ2) is 13.4. The van der Waals surface area contributed by atoms with Crippen LogP contribution in [0.2, 0.25) is 0 Å². The highest BCUT2D eigenvalue weighted by atomic mass is 127. The first-order valence-corrected chi connectivity index (χ1v) is 9.34. The Balaban J connectivity index is 0.00000364. The second-order valence-corrected chi connectivity index (χ2v) is 6.65. The highest BCUT2D eigenvalue weighted by molar-refractivity contribution is 14.0. The Morgan fingerprint density at radius 1 is 1.22 bits per heavy atom. The zero-order valence-corrected chi connectivity index (χ0v) is 18.4. The molecule has 1 aromatic heterocycles. The third-order valence-corrected chi connectivity index (χ3v) is 4.56. The van der Waals surface area contributed by atoms with Crippen LogP contribution in [0.5, 0.6) is 0 Å². The van der Waals surface area contributed by atoms with Gasteiger partial charge in [0.15, 0.2) is 5.96 Å². The molecule has 0 radical (unpaired) electrons. The second-order valence-electron chi connectivity index (χ2n) is 5.62. The summed E-state index contributed by atoms with van der Waals surface area (Å²) in [5, 5.41) is 19.4. The van der Waals surface area contributed by atoms with Crippen molar-refractivity contribution in [1.29, 1.82) is 0 Å². The number of nitrogens with zero attached hydrogens (tertiary/aromatic N) is 2. The number of nitro groups is 1. The van der Waals surface area contributed by atoms with Gasteiger partial charge in [-0.1, -0.05) is 18.2 Å². The van der Waals surface area contributed by atoms with E-state index >= 15 is 0 Å². The molecular formula is C18H25IN4O3S. The molecule has 0 amide bonds. The van der Waals surface area contributed by atoms with Crippen molar-refractivity contribution >= 4 is 47.0 Å². The van der Waals surface area contributed by atoms with E-state index < -0.39 is 4.92 Å². The lowest BCUT2D eigenvalue weighted by atomic mass is 10.2. The summed E-state index contributed by atoms with van der Waals surface area (Å²) in [6.07, 6.45) is 1.83. The molecule has 0 aliphatic carbocycles. The van der Waals surface area contributed by atoms with E-state index in [9.17, 15) is 10.1 Å². The Labute approximate surface area is 180 Å². The van der Waals surface area contributed by atoms with Crippen LogP contribution in [-0.4, -0.2) is 37.7 Å². The minimum absolute atomic E-state index is 0. The van der Waals surface area contributed by atoms with Gasteiger partial charge in [0.05, 0.1) is 11.5 Å². The summed E-state index contributed by atoms with van der Waals surface area (Å²) < 4.78 is 5.06. The summed E-state index contributed by atoms with van der Waals surface area (Å²) in [5.41, 5.74) is 1.01. The Morgan fingerprint density at radius 2 is 1.96 bits per heavy atom. The van der Waals surface area contributed by atoms with E-state index in [0.29, 0.717) is 13.2 Å². The SMILES string of the molecule is COCCCNC(=NCc1ccc([N+](=O)[O-])cc1)NCCc1cccs1.I. The van der Waals surface area contributed by atoms with Crippen molar-refractivity contribution in [2.45, 2.75) is 19.4 Å². The molecule has 7 nitrogen and oxygen atoms in total. The minimum atomic E-state index is -0.401. The van der Waals surface area contributed by atoms with Gasteiger partial charge in [0.1, 0.15) is 0 Å². The van der Waals surface area contributed by atoms with Gasteiger partial charge in [0.2, 0.25) is 0 Å². The van der Waals surface area contributed by atoms with Gasteiger partial charge in [0.25, 0.3) is 5.69 Å². The van der Waals surface area contributed by atoms with E-state index in [2.05, 4.69) is 27.1 Å². The van der Waals surface area contributed by atoms with Gasteiger partial charge in [0, 0.05) is 43.8 Å². The van der Waals surface area contributed by atoms with Crippen LogP contribution < -0.4 is 10.6 Å². The third-order valence-electron chi connectivity index (χ3n) is 3.63. The van der Waals surface area contributed by atoms with E-state index in [-0.39, 0.29) is 29.7 Å². The van der Waals surface area contributed by atoms with Crippen molar-refractivity contribution in [3.63, 3.8) is 0 Å². The van der Waals surface area contributed by atoms with E-state index in [4.69, 9.17) is 4.74 Å². The molecule has 0 fully saturated rings. The maximum Gasteiger partial charge on any atom is 0.269 e. The fourth-order valence-corrected chi connectivity index (χ4v) is 2.96. The molecule has 9 heteroatoms. The van der Waals surface area contributed by atoms with Crippen molar-refractivity contribution in [3.05, 3.63) is 62.3 Å². The fourth-order valence-electron chi connectivity index (χ4n) is 2.25. The molecule has 0 atom stereocenters. The monoisotopic (exact) mass is 504 g/mol. The number of methoxy groups -OCH3 is 1. The first-order valence-electron chi connectivity index (χ1n) is 8.46.